The highest BCUT2D eigenvalue weighted by atomic mass is 15.2. The van der Waals surface area contributed by atoms with Gasteiger partial charge in [-0.2, -0.15) is 0 Å². The van der Waals surface area contributed by atoms with Gasteiger partial charge in [0.15, 0.2) is 0 Å². The van der Waals surface area contributed by atoms with E-state index in [4.69, 9.17) is 5.73 Å². The lowest BCUT2D eigenvalue weighted by molar-refractivity contribution is 0.0635. The molecule has 0 saturated heterocycles. The van der Waals surface area contributed by atoms with E-state index in [1.165, 1.54) is 16.8 Å². The molecule has 1 heterocycles. The first-order valence-electron chi connectivity index (χ1n) is 8.87. The summed E-state index contributed by atoms with van der Waals surface area (Å²) in [5.41, 5.74) is 10.6. The lowest BCUT2D eigenvalue weighted by Crippen LogP contribution is -2.55. The molecule has 2 rings (SSSR count). The maximum Gasteiger partial charge on any atom is 0.0410 e. The van der Waals surface area contributed by atoms with Crippen LogP contribution in [0.4, 0.5) is 5.69 Å². The van der Waals surface area contributed by atoms with E-state index in [0.29, 0.717) is 6.54 Å². The van der Waals surface area contributed by atoms with Gasteiger partial charge in [0.2, 0.25) is 0 Å². The van der Waals surface area contributed by atoms with Crippen LogP contribution < -0.4 is 10.6 Å². The van der Waals surface area contributed by atoms with Crippen LogP contribution in [0.3, 0.4) is 0 Å². The van der Waals surface area contributed by atoms with E-state index in [9.17, 15) is 0 Å². The second kappa shape index (κ2) is 5.24. The normalized spacial score (nSPS) is 18.3. The van der Waals surface area contributed by atoms with Crippen LogP contribution in [0.1, 0.15) is 73.4 Å². The van der Waals surface area contributed by atoms with Gasteiger partial charge in [-0.15, -0.1) is 0 Å². The molecule has 0 radical (unpaired) electrons. The highest BCUT2D eigenvalue weighted by Crippen LogP contribution is 2.60. The quantitative estimate of drug-likeness (QED) is 0.781. The minimum absolute atomic E-state index is 0.0911. The first kappa shape index (κ1) is 18.3. The van der Waals surface area contributed by atoms with Gasteiger partial charge >= 0.3 is 0 Å². The average molecular weight is 317 g/mol. The van der Waals surface area contributed by atoms with Crippen LogP contribution in [0.2, 0.25) is 0 Å². The molecule has 0 atom stereocenters. The van der Waals surface area contributed by atoms with Crippen molar-refractivity contribution in [1.82, 2.24) is 0 Å². The summed E-state index contributed by atoms with van der Waals surface area (Å²) in [6, 6.07) is 6.86. The van der Waals surface area contributed by atoms with E-state index in [2.05, 4.69) is 85.4 Å². The SMILES string of the molecule is CC(C)(C)N1CC(C(C)(C)C)(C(C)(C)C)c2cc(CN)ccc21. The van der Waals surface area contributed by atoms with E-state index in [1.807, 2.05) is 0 Å². The third-order valence-corrected chi connectivity index (χ3v) is 5.81. The Labute approximate surface area is 143 Å². The largest absolute Gasteiger partial charge is 0.366 e. The molecule has 2 N–H and O–H groups in total. The Morgan fingerprint density at radius 1 is 0.957 bits per heavy atom. The molecule has 0 unspecified atom stereocenters. The van der Waals surface area contributed by atoms with Gasteiger partial charge in [0.05, 0.1) is 0 Å². The summed E-state index contributed by atoms with van der Waals surface area (Å²) in [6.07, 6.45) is 0. The van der Waals surface area contributed by atoms with Crippen molar-refractivity contribution in [2.24, 2.45) is 16.6 Å². The number of rotatable bonds is 1. The fraction of sp³-hybridized carbons (Fsp3) is 0.714. The van der Waals surface area contributed by atoms with Crippen molar-refractivity contribution in [3.63, 3.8) is 0 Å². The Morgan fingerprint density at radius 3 is 1.87 bits per heavy atom. The average Bonchev–Trinajstić information content (AvgIpc) is 2.72. The lowest BCUT2D eigenvalue weighted by Gasteiger charge is -2.53. The van der Waals surface area contributed by atoms with Crippen molar-refractivity contribution in [3.8, 4) is 0 Å². The zero-order valence-electron chi connectivity index (χ0n) is 16.7. The Bertz CT molecular complexity index is 565. The minimum atomic E-state index is 0.0911. The van der Waals surface area contributed by atoms with Gasteiger partial charge in [0.25, 0.3) is 0 Å². The van der Waals surface area contributed by atoms with Crippen molar-refractivity contribution >= 4 is 5.69 Å². The van der Waals surface area contributed by atoms with Crippen molar-refractivity contribution in [2.45, 2.75) is 79.8 Å². The second-order valence-corrected chi connectivity index (χ2v) is 10.2. The van der Waals surface area contributed by atoms with Gasteiger partial charge in [0.1, 0.15) is 0 Å². The summed E-state index contributed by atoms with van der Waals surface area (Å²) in [5, 5.41) is 0. The van der Waals surface area contributed by atoms with Crippen LogP contribution in [0.5, 0.6) is 0 Å². The maximum absolute atomic E-state index is 5.96. The highest BCUT2D eigenvalue weighted by Gasteiger charge is 2.58. The third kappa shape index (κ3) is 2.69. The van der Waals surface area contributed by atoms with Crippen LogP contribution in [0, 0.1) is 10.8 Å². The van der Waals surface area contributed by atoms with Crippen LogP contribution in [0.25, 0.3) is 0 Å². The first-order chi connectivity index (χ1) is 10.3. The lowest BCUT2D eigenvalue weighted by atomic mass is 9.52. The van der Waals surface area contributed by atoms with Crippen molar-refractivity contribution in [1.29, 1.82) is 0 Å². The molecular weight excluding hydrogens is 280 g/mol. The zero-order valence-corrected chi connectivity index (χ0v) is 16.7. The highest BCUT2D eigenvalue weighted by molar-refractivity contribution is 5.66. The standard InChI is InChI=1S/C21H36N2/c1-18(2,3)21(19(4,5)6)14-23(20(7,8)9)17-11-10-15(13-22)12-16(17)21/h10-12H,13-14,22H2,1-9H3. The summed E-state index contributed by atoms with van der Waals surface area (Å²) < 4.78 is 0. The topological polar surface area (TPSA) is 29.3 Å². The number of benzene rings is 1. The van der Waals surface area contributed by atoms with Crippen molar-refractivity contribution in [3.05, 3.63) is 29.3 Å². The summed E-state index contributed by atoms with van der Waals surface area (Å²) >= 11 is 0. The molecule has 0 aliphatic carbocycles. The van der Waals surface area contributed by atoms with Gasteiger partial charge < -0.3 is 10.6 Å². The fourth-order valence-electron chi connectivity index (χ4n) is 4.70. The summed E-state index contributed by atoms with van der Waals surface area (Å²) in [5.74, 6) is 0. The molecule has 1 aliphatic rings. The predicted molar refractivity (Wildman–Crippen MR) is 102 cm³/mol. The molecule has 1 aromatic carbocycles. The molecule has 2 heteroatoms. The van der Waals surface area contributed by atoms with E-state index in [1.54, 1.807) is 0 Å². The third-order valence-electron chi connectivity index (χ3n) is 5.81. The summed E-state index contributed by atoms with van der Waals surface area (Å²) in [4.78, 5) is 2.60. The molecule has 0 saturated carbocycles. The molecule has 0 fully saturated rings. The molecule has 1 aromatic rings. The van der Waals surface area contributed by atoms with Gasteiger partial charge in [-0.1, -0.05) is 53.7 Å². The molecule has 1 aliphatic heterocycles. The number of hydrogen-bond acceptors (Lipinski definition) is 2. The molecule has 0 aromatic heterocycles. The molecule has 130 valence electrons. The molecule has 2 nitrogen and oxygen atoms in total. The number of nitrogens with zero attached hydrogens (tertiary/aromatic N) is 1. The van der Waals surface area contributed by atoms with Gasteiger partial charge in [-0.3, -0.25) is 0 Å². The molecule has 0 spiro atoms. The van der Waals surface area contributed by atoms with Crippen molar-refractivity contribution < 1.29 is 0 Å². The summed E-state index contributed by atoms with van der Waals surface area (Å²) in [7, 11) is 0. The molecular formula is C21H36N2. The van der Waals surface area contributed by atoms with Crippen LogP contribution in [-0.2, 0) is 12.0 Å². The number of nitrogens with two attached hydrogens (primary N) is 1. The number of fused-ring (bicyclic) bond motifs is 1. The zero-order chi connectivity index (χ0) is 17.8. The maximum atomic E-state index is 5.96. The van der Waals surface area contributed by atoms with Gasteiger partial charge in [-0.25, -0.2) is 0 Å². The smallest absolute Gasteiger partial charge is 0.0410 e. The van der Waals surface area contributed by atoms with Gasteiger partial charge in [-0.05, 0) is 48.8 Å². The fourth-order valence-corrected chi connectivity index (χ4v) is 4.70. The van der Waals surface area contributed by atoms with Crippen LogP contribution in [-0.4, -0.2) is 12.1 Å². The van der Waals surface area contributed by atoms with Gasteiger partial charge in [0, 0.05) is 29.7 Å². The van der Waals surface area contributed by atoms with Crippen LogP contribution in [0.15, 0.2) is 18.2 Å². The van der Waals surface area contributed by atoms with E-state index in [-0.39, 0.29) is 21.8 Å². The molecule has 0 amide bonds. The second-order valence-electron chi connectivity index (χ2n) is 10.2. The Morgan fingerprint density at radius 2 is 1.48 bits per heavy atom. The Hall–Kier alpha value is -1.02. The number of anilines is 1. The Balaban J connectivity index is 2.82. The monoisotopic (exact) mass is 316 g/mol. The van der Waals surface area contributed by atoms with Crippen molar-refractivity contribution in [2.75, 3.05) is 11.4 Å². The van der Waals surface area contributed by atoms with E-state index < -0.39 is 0 Å². The van der Waals surface area contributed by atoms with Crippen LogP contribution >= 0.6 is 0 Å². The number of hydrogen-bond donors (Lipinski definition) is 1. The predicted octanol–water partition coefficient (Wildman–Crippen LogP) is 5.09. The van der Waals surface area contributed by atoms with E-state index in [0.717, 1.165) is 6.54 Å². The first-order valence-corrected chi connectivity index (χ1v) is 8.87. The molecule has 0 bridgehead atoms. The van der Waals surface area contributed by atoms with E-state index >= 15 is 0 Å². The minimum Gasteiger partial charge on any atom is -0.366 e. The molecule has 23 heavy (non-hydrogen) atoms. The summed E-state index contributed by atoms with van der Waals surface area (Å²) in [6.45, 7) is 23.0. The Kier molecular flexibility index (Phi) is 4.17.